The number of benzene rings is 2. The summed E-state index contributed by atoms with van der Waals surface area (Å²) in [4.78, 5) is 12.2. The summed E-state index contributed by atoms with van der Waals surface area (Å²) in [5.41, 5.74) is 0.795. The van der Waals surface area contributed by atoms with E-state index in [1.165, 1.54) is 12.1 Å². The third kappa shape index (κ3) is 4.56. The molecule has 5 nitrogen and oxygen atoms in total. The molecule has 0 spiro atoms. The van der Waals surface area contributed by atoms with Crippen LogP contribution in [-0.2, 0) is 10.0 Å². The molecule has 0 aliphatic rings. The topological polar surface area (TPSA) is 75.3 Å². The van der Waals surface area contributed by atoms with E-state index < -0.39 is 10.0 Å². The molecule has 0 bridgehead atoms. The number of carbonyl (C=O) groups is 1. The van der Waals surface area contributed by atoms with Gasteiger partial charge >= 0.3 is 0 Å². The molecule has 0 fully saturated rings. The molecule has 2 rings (SSSR count). The Balaban J connectivity index is 2.23. The van der Waals surface area contributed by atoms with Gasteiger partial charge in [0.05, 0.1) is 4.90 Å². The van der Waals surface area contributed by atoms with Gasteiger partial charge in [0.2, 0.25) is 0 Å². The average Bonchev–Trinajstić information content (AvgIpc) is 2.55. The summed E-state index contributed by atoms with van der Waals surface area (Å²) in [6, 6.07) is 14.6. The fraction of sp³-hybridized carbons (Fsp3) is 0.235. The quantitative estimate of drug-likeness (QED) is 0.854. The first kappa shape index (κ1) is 17.0. The normalized spacial score (nSPS) is 12.4. The van der Waals surface area contributed by atoms with Gasteiger partial charge in [0.25, 0.3) is 15.9 Å². The number of amides is 1. The smallest absolute Gasteiger partial charge is 0.261 e. The molecule has 6 heteroatoms. The Morgan fingerprint density at radius 1 is 1.09 bits per heavy atom. The first-order valence-electron chi connectivity index (χ1n) is 7.41. The summed E-state index contributed by atoms with van der Waals surface area (Å²) in [5.74, 6) is -0.281. The number of carbonyl (C=O) groups excluding carboxylic acids is 1. The summed E-state index contributed by atoms with van der Waals surface area (Å²) in [5, 5.41) is 2.82. The molecule has 0 heterocycles. The van der Waals surface area contributed by atoms with Gasteiger partial charge in [-0.05, 0) is 43.7 Å². The molecule has 0 saturated carbocycles. The van der Waals surface area contributed by atoms with Crippen molar-refractivity contribution in [3.05, 3.63) is 60.2 Å². The third-order valence-electron chi connectivity index (χ3n) is 3.42. The third-order valence-corrected chi connectivity index (χ3v) is 4.80. The molecule has 122 valence electrons. The second kappa shape index (κ2) is 7.28. The van der Waals surface area contributed by atoms with Crippen LogP contribution in [0.4, 0.5) is 5.69 Å². The van der Waals surface area contributed by atoms with Gasteiger partial charge in [-0.15, -0.1) is 0 Å². The van der Waals surface area contributed by atoms with Crippen molar-refractivity contribution in [1.82, 2.24) is 5.32 Å². The zero-order valence-electron chi connectivity index (χ0n) is 13.1. The van der Waals surface area contributed by atoms with Crippen molar-refractivity contribution in [3.8, 4) is 0 Å². The Labute approximate surface area is 136 Å². The number of anilines is 1. The number of nitrogens with one attached hydrogen (secondary N) is 2. The molecule has 0 saturated heterocycles. The van der Waals surface area contributed by atoms with Crippen molar-refractivity contribution in [1.29, 1.82) is 0 Å². The van der Waals surface area contributed by atoms with Gasteiger partial charge in [-0.1, -0.05) is 31.2 Å². The van der Waals surface area contributed by atoms with E-state index >= 15 is 0 Å². The number of hydrogen-bond acceptors (Lipinski definition) is 3. The van der Waals surface area contributed by atoms with Crippen LogP contribution >= 0.6 is 0 Å². The Hall–Kier alpha value is -2.34. The highest BCUT2D eigenvalue weighted by atomic mass is 32.2. The van der Waals surface area contributed by atoms with Crippen LogP contribution in [0, 0.1) is 0 Å². The zero-order valence-corrected chi connectivity index (χ0v) is 13.9. The van der Waals surface area contributed by atoms with E-state index in [4.69, 9.17) is 0 Å². The van der Waals surface area contributed by atoms with E-state index in [9.17, 15) is 13.2 Å². The molecule has 1 amide bonds. The summed E-state index contributed by atoms with van der Waals surface area (Å²) in [6.45, 7) is 3.87. The first-order chi connectivity index (χ1) is 10.9. The molecule has 0 aliphatic carbocycles. The van der Waals surface area contributed by atoms with Gasteiger partial charge in [-0.3, -0.25) is 9.52 Å². The zero-order chi connectivity index (χ0) is 16.9. The predicted octanol–water partition coefficient (Wildman–Crippen LogP) is 3.02. The number of para-hydroxylation sites is 1. The van der Waals surface area contributed by atoms with E-state index in [0.717, 1.165) is 6.42 Å². The lowest BCUT2D eigenvalue weighted by Gasteiger charge is -2.12. The summed E-state index contributed by atoms with van der Waals surface area (Å²) >= 11 is 0. The predicted molar refractivity (Wildman–Crippen MR) is 90.9 cm³/mol. The van der Waals surface area contributed by atoms with E-state index in [-0.39, 0.29) is 16.8 Å². The van der Waals surface area contributed by atoms with E-state index in [2.05, 4.69) is 10.0 Å². The number of rotatable bonds is 6. The van der Waals surface area contributed by atoms with E-state index in [1.807, 2.05) is 13.8 Å². The highest BCUT2D eigenvalue weighted by molar-refractivity contribution is 7.92. The minimum atomic E-state index is -3.73. The highest BCUT2D eigenvalue weighted by Gasteiger charge is 2.17. The molecular formula is C17H20N2O3S. The van der Waals surface area contributed by atoms with Gasteiger partial charge in [0, 0.05) is 17.3 Å². The SMILES string of the molecule is CCC(C)NC(=O)c1cccc(S(=O)(=O)Nc2ccccc2)c1. The first-order valence-corrected chi connectivity index (χ1v) is 8.89. The molecule has 0 aromatic heterocycles. The van der Waals surface area contributed by atoms with Crippen LogP contribution in [0.25, 0.3) is 0 Å². The molecule has 2 aromatic carbocycles. The van der Waals surface area contributed by atoms with Crippen LogP contribution in [0.15, 0.2) is 59.5 Å². The van der Waals surface area contributed by atoms with Crippen molar-refractivity contribution in [2.24, 2.45) is 0 Å². The fourth-order valence-electron chi connectivity index (χ4n) is 1.93. The van der Waals surface area contributed by atoms with Crippen LogP contribution in [-0.4, -0.2) is 20.4 Å². The Morgan fingerprint density at radius 2 is 1.78 bits per heavy atom. The van der Waals surface area contributed by atoms with E-state index in [0.29, 0.717) is 11.3 Å². The monoisotopic (exact) mass is 332 g/mol. The number of sulfonamides is 1. The van der Waals surface area contributed by atoms with Gasteiger partial charge in [0.15, 0.2) is 0 Å². The summed E-state index contributed by atoms with van der Waals surface area (Å²) < 4.78 is 27.3. The maximum absolute atomic E-state index is 12.4. The minimum Gasteiger partial charge on any atom is -0.350 e. The van der Waals surface area contributed by atoms with Crippen molar-refractivity contribution in [3.63, 3.8) is 0 Å². The molecular weight excluding hydrogens is 312 g/mol. The molecule has 1 atom stereocenters. The van der Waals surface area contributed by atoms with Gasteiger partial charge in [0.1, 0.15) is 0 Å². The molecule has 23 heavy (non-hydrogen) atoms. The Bertz CT molecular complexity index is 773. The molecule has 1 unspecified atom stereocenters. The average molecular weight is 332 g/mol. The lowest BCUT2D eigenvalue weighted by molar-refractivity contribution is 0.0939. The fourth-order valence-corrected chi connectivity index (χ4v) is 3.04. The van der Waals surface area contributed by atoms with Gasteiger partial charge in [-0.2, -0.15) is 0 Å². The Kier molecular flexibility index (Phi) is 5.39. The van der Waals surface area contributed by atoms with Crippen molar-refractivity contribution in [2.75, 3.05) is 4.72 Å². The molecule has 0 aliphatic heterocycles. The molecule has 2 aromatic rings. The lowest BCUT2D eigenvalue weighted by atomic mass is 10.2. The number of hydrogen-bond donors (Lipinski definition) is 2. The second-order valence-electron chi connectivity index (χ2n) is 5.28. The maximum Gasteiger partial charge on any atom is 0.261 e. The van der Waals surface area contributed by atoms with Crippen molar-refractivity contribution in [2.45, 2.75) is 31.2 Å². The largest absolute Gasteiger partial charge is 0.350 e. The van der Waals surface area contributed by atoms with Crippen LogP contribution in [0.3, 0.4) is 0 Å². The summed E-state index contributed by atoms with van der Waals surface area (Å²) in [7, 11) is -3.73. The van der Waals surface area contributed by atoms with E-state index in [1.54, 1.807) is 42.5 Å². The van der Waals surface area contributed by atoms with Crippen LogP contribution in [0.1, 0.15) is 30.6 Å². The van der Waals surface area contributed by atoms with Gasteiger partial charge < -0.3 is 5.32 Å². The van der Waals surface area contributed by atoms with Crippen LogP contribution < -0.4 is 10.0 Å². The highest BCUT2D eigenvalue weighted by Crippen LogP contribution is 2.17. The Morgan fingerprint density at radius 3 is 2.43 bits per heavy atom. The minimum absolute atomic E-state index is 0.0326. The second-order valence-corrected chi connectivity index (χ2v) is 6.96. The maximum atomic E-state index is 12.4. The summed E-state index contributed by atoms with van der Waals surface area (Å²) in [6.07, 6.45) is 0.805. The molecule has 2 N–H and O–H groups in total. The lowest BCUT2D eigenvalue weighted by Crippen LogP contribution is -2.32. The molecule has 0 radical (unpaired) electrons. The van der Waals surface area contributed by atoms with Crippen molar-refractivity contribution >= 4 is 21.6 Å². The van der Waals surface area contributed by atoms with Crippen LogP contribution in [0.2, 0.25) is 0 Å². The van der Waals surface area contributed by atoms with Crippen LogP contribution in [0.5, 0.6) is 0 Å². The standard InChI is InChI=1S/C17H20N2O3S/c1-3-13(2)18-17(20)14-8-7-11-16(12-14)23(21,22)19-15-9-5-4-6-10-15/h4-13,19H,3H2,1-2H3,(H,18,20). The van der Waals surface area contributed by atoms with Crippen molar-refractivity contribution < 1.29 is 13.2 Å². The van der Waals surface area contributed by atoms with Gasteiger partial charge in [-0.25, -0.2) is 8.42 Å².